The highest BCUT2D eigenvalue weighted by atomic mass is 28.4. The van der Waals surface area contributed by atoms with E-state index in [1.54, 1.807) is 13.2 Å². The third-order valence-electron chi connectivity index (χ3n) is 5.92. The van der Waals surface area contributed by atoms with Gasteiger partial charge in [-0.15, -0.1) is 6.58 Å². The van der Waals surface area contributed by atoms with Crippen LogP contribution in [0.3, 0.4) is 0 Å². The monoisotopic (exact) mass is 422 g/mol. The molecule has 0 radical (unpaired) electrons. The number of aliphatic hydroxyl groups excluding tert-OH is 1. The molecule has 4 nitrogen and oxygen atoms in total. The SMILES string of the molecule is C=CC[C@@H](OCc1ccc(OC)cc1)C(O)CCO[Si](C(C)C)(C(C)C)C(C)C. The van der Waals surface area contributed by atoms with Crippen molar-refractivity contribution in [2.75, 3.05) is 13.7 Å². The van der Waals surface area contributed by atoms with Crippen LogP contribution in [0.1, 0.15) is 59.9 Å². The smallest absolute Gasteiger partial charge is 0.200 e. The van der Waals surface area contributed by atoms with Crippen LogP contribution in [-0.2, 0) is 15.8 Å². The zero-order chi connectivity index (χ0) is 22.0. The van der Waals surface area contributed by atoms with E-state index in [1.165, 1.54) is 0 Å². The molecule has 0 aliphatic carbocycles. The predicted octanol–water partition coefficient (Wildman–Crippen LogP) is 6.10. The van der Waals surface area contributed by atoms with Crippen molar-refractivity contribution >= 4 is 8.32 Å². The topological polar surface area (TPSA) is 47.9 Å². The van der Waals surface area contributed by atoms with Gasteiger partial charge in [0.15, 0.2) is 8.32 Å². The van der Waals surface area contributed by atoms with E-state index in [2.05, 4.69) is 48.1 Å². The van der Waals surface area contributed by atoms with Crippen molar-refractivity contribution < 1.29 is 19.0 Å². The molecule has 0 spiro atoms. The molecule has 0 fully saturated rings. The number of aliphatic hydroxyl groups is 1. The molecular weight excluding hydrogens is 380 g/mol. The highest BCUT2D eigenvalue weighted by molar-refractivity contribution is 6.77. The summed E-state index contributed by atoms with van der Waals surface area (Å²) in [5.74, 6) is 0.821. The number of ether oxygens (including phenoxy) is 2. The molecule has 1 aromatic rings. The number of benzene rings is 1. The first kappa shape index (κ1) is 25.9. The summed E-state index contributed by atoms with van der Waals surface area (Å²) in [6, 6.07) is 7.79. The summed E-state index contributed by atoms with van der Waals surface area (Å²) in [5, 5.41) is 10.8. The standard InChI is InChI=1S/C24H42O4Si/c1-9-10-24(27-17-21-11-13-22(26-8)14-12-21)23(25)15-16-28-29(18(2)3,19(4)5)20(6)7/h9,11-14,18-20,23-25H,1,10,15-17H2,2-8H3/t23?,24-/m1/s1. The zero-order valence-corrected chi connectivity index (χ0v) is 20.5. The minimum atomic E-state index is -1.91. The fourth-order valence-electron chi connectivity index (χ4n) is 4.47. The summed E-state index contributed by atoms with van der Waals surface area (Å²) in [6.07, 6.45) is 2.12. The summed E-state index contributed by atoms with van der Waals surface area (Å²) in [6.45, 7) is 18.5. The van der Waals surface area contributed by atoms with Gasteiger partial charge in [-0.3, -0.25) is 0 Å². The molecule has 1 rings (SSSR count). The van der Waals surface area contributed by atoms with Gasteiger partial charge in [-0.25, -0.2) is 0 Å². The average Bonchev–Trinajstić information content (AvgIpc) is 2.67. The van der Waals surface area contributed by atoms with Gasteiger partial charge in [0.25, 0.3) is 0 Å². The fourth-order valence-corrected chi connectivity index (χ4v) is 9.94. The van der Waals surface area contributed by atoms with E-state index in [1.807, 2.05) is 24.3 Å². The normalized spacial score (nSPS) is 14.4. The van der Waals surface area contributed by atoms with Crippen molar-refractivity contribution in [2.45, 2.75) is 89.8 Å². The molecule has 0 aliphatic heterocycles. The first-order valence-corrected chi connectivity index (χ1v) is 13.0. The molecule has 29 heavy (non-hydrogen) atoms. The summed E-state index contributed by atoms with van der Waals surface area (Å²) in [7, 11) is -0.260. The second-order valence-electron chi connectivity index (χ2n) is 8.74. The van der Waals surface area contributed by atoms with Gasteiger partial charge in [0.1, 0.15) is 5.75 Å². The lowest BCUT2D eigenvalue weighted by atomic mass is 10.1. The van der Waals surface area contributed by atoms with E-state index in [4.69, 9.17) is 13.9 Å². The Hall–Kier alpha value is -1.14. The Morgan fingerprint density at radius 3 is 2.00 bits per heavy atom. The van der Waals surface area contributed by atoms with Crippen LogP contribution >= 0.6 is 0 Å². The average molecular weight is 423 g/mol. The van der Waals surface area contributed by atoms with Crippen LogP contribution in [0.25, 0.3) is 0 Å². The molecule has 2 atom stereocenters. The second-order valence-corrected chi connectivity index (χ2v) is 14.2. The molecule has 0 heterocycles. The summed E-state index contributed by atoms with van der Waals surface area (Å²) in [4.78, 5) is 0. The summed E-state index contributed by atoms with van der Waals surface area (Å²) in [5.41, 5.74) is 2.66. The number of hydrogen-bond donors (Lipinski definition) is 1. The van der Waals surface area contributed by atoms with Crippen LogP contribution in [0.2, 0.25) is 16.6 Å². The predicted molar refractivity (Wildman–Crippen MR) is 124 cm³/mol. The van der Waals surface area contributed by atoms with Gasteiger partial charge >= 0.3 is 0 Å². The van der Waals surface area contributed by atoms with Gasteiger partial charge in [-0.2, -0.15) is 0 Å². The van der Waals surface area contributed by atoms with Crippen molar-refractivity contribution in [1.29, 1.82) is 0 Å². The van der Waals surface area contributed by atoms with Gasteiger partial charge in [-0.05, 0) is 47.2 Å². The number of methoxy groups -OCH3 is 1. The van der Waals surface area contributed by atoms with Crippen LogP contribution in [0, 0.1) is 0 Å². The van der Waals surface area contributed by atoms with E-state index < -0.39 is 14.4 Å². The molecule has 0 saturated carbocycles. The second kappa shape index (κ2) is 12.5. The van der Waals surface area contributed by atoms with Crippen molar-refractivity contribution in [3.05, 3.63) is 42.5 Å². The third-order valence-corrected chi connectivity index (χ3v) is 12.0. The van der Waals surface area contributed by atoms with E-state index in [0.717, 1.165) is 11.3 Å². The Balaban J connectivity index is 2.66. The molecule has 1 aromatic carbocycles. The van der Waals surface area contributed by atoms with Gasteiger partial charge in [-0.1, -0.05) is 59.8 Å². The van der Waals surface area contributed by atoms with Crippen LogP contribution in [-0.4, -0.2) is 39.3 Å². The lowest BCUT2D eigenvalue weighted by Crippen LogP contribution is -2.48. The highest BCUT2D eigenvalue weighted by Crippen LogP contribution is 2.42. The third kappa shape index (κ3) is 7.25. The van der Waals surface area contributed by atoms with Crippen LogP contribution < -0.4 is 4.74 Å². The Morgan fingerprint density at radius 2 is 1.55 bits per heavy atom. The van der Waals surface area contributed by atoms with Crippen LogP contribution in [0.4, 0.5) is 0 Å². The quantitative estimate of drug-likeness (QED) is 0.291. The van der Waals surface area contributed by atoms with Crippen molar-refractivity contribution in [2.24, 2.45) is 0 Å². The van der Waals surface area contributed by atoms with E-state index >= 15 is 0 Å². The number of rotatable bonds is 14. The first-order chi connectivity index (χ1) is 13.7. The highest BCUT2D eigenvalue weighted by Gasteiger charge is 2.45. The Kier molecular flexibility index (Phi) is 11.2. The van der Waals surface area contributed by atoms with E-state index in [9.17, 15) is 5.11 Å². The maximum absolute atomic E-state index is 10.8. The maximum atomic E-state index is 10.8. The number of hydrogen-bond acceptors (Lipinski definition) is 4. The molecule has 166 valence electrons. The summed E-state index contributed by atoms with van der Waals surface area (Å²) >= 11 is 0. The van der Waals surface area contributed by atoms with Crippen molar-refractivity contribution in [3.8, 4) is 5.75 Å². The minimum absolute atomic E-state index is 0.286. The van der Waals surface area contributed by atoms with Gasteiger partial charge in [0, 0.05) is 6.61 Å². The lowest BCUT2D eigenvalue weighted by molar-refractivity contribution is -0.0508. The molecule has 5 heteroatoms. The molecule has 0 bridgehead atoms. The maximum Gasteiger partial charge on any atom is 0.200 e. The van der Waals surface area contributed by atoms with Crippen molar-refractivity contribution in [3.63, 3.8) is 0 Å². The van der Waals surface area contributed by atoms with E-state index in [0.29, 0.717) is 42.7 Å². The zero-order valence-electron chi connectivity index (χ0n) is 19.5. The Bertz CT molecular complexity index is 561. The van der Waals surface area contributed by atoms with E-state index in [-0.39, 0.29) is 6.10 Å². The van der Waals surface area contributed by atoms with Gasteiger partial charge < -0.3 is 19.0 Å². The molecule has 0 aromatic heterocycles. The minimum Gasteiger partial charge on any atom is -0.497 e. The van der Waals surface area contributed by atoms with Crippen molar-refractivity contribution in [1.82, 2.24) is 0 Å². The van der Waals surface area contributed by atoms with Gasteiger partial charge in [0.05, 0.1) is 25.9 Å². The molecule has 1 N–H and O–H groups in total. The van der Waals surface area contributed by atoms with Crippen LogP contribution in [0.15, 0.2) is 36.9 Å². The largest absolute Gasteiger partial charge is 0.497 e. The molecule has 0 saturated heterocycles. The van der Waals surface area contributed by atoms with Gasteiger partial charge in [0.2, 0.25) is 0 Å². The molecular formula is C24H42O4Si. The molecule has 0 aliphatic rings. The summed E-state index contributed by atoms with van der Waals surface area (Å²) < 4.78 is 17.8. The lowest BCUT2D eigenvalue weighted by Gasteiger charge is -2.42. The first-order valence-electron chi connectivity index (χ1n) is 10.9. The molecule has 1 unspecified atom stereocenters. The molecule has 0 amide bonds. The Labute approximate surface area is 179 Å². The fraction of sp³-hybridized carbons (Fsp3) is 0.667. The van der Waals surface area contributed by atoms with Crippen LogP contribution in [0.5, 0.6) is 5.75 Å². The Morgan fingerprint density at radius 1 is 1.00 bits per heavy atom.